The first-order valence-corrected chi connectivity index (χ1v) is 4.48. The first-order valence-electron chi connectivity index (χ1n) is 3.57. The lowest BCUT2D eigenvalue weighted by atomic mass is 10.1. The maximum absolute atomic E-state index is 12.0. The predicted molar refractivity (Wildman–Crippen MR) is 48.8 cm³/mol. The molecule has 0 saturated carbocycles. The van der Waals surface area contributed by atoms with Gasteiger partial charge in [0.05, 0.1) is 0 Å². The Morgan fingerprint density at radius 1 is 1.27 bits per heavy atom. The van der Waals surface area contributed by atoms with Crippen molar-refractivity contribution in [1.82, 2.24) is 0 Å². The molecule has 0 aromatic heterocycles. The molecule has 0 nitrogen and oxygen atoms in total. The summed E-state index contributed by atoms with van der Waals surface area (Å²) in [6.45, 7) is -0.311. The number of halogens is 2. The zero-order valence-corrected chi connectivity index (χ0v) is 7.72. The van der Waals surface area contributed by atoms with E-state index in [0.29, 0.717) is 0 Å². The molecular formula is C9H10BrF. The summed E-state index contributed by atoms with van der Waals surface area (Å²) in [6.07, 6.45) is 0.761. The van der Waals surface area contributed by atoms with Gasteiger partial charge >= 0.3 is 0 Å². The van der Waals surface area contributed by atoms with Crippen LogP contribution >= 0.6 is 15.9 Å². The van der Waals surface area contributed by atoms with Crippen molar-refractivity contribution in [2.24, 2.45) is 0 Å². The molecule has 0 aliphatic heterocycles. The maximum Gasteiger partial charge on any atom is 0.102 e. The first-order chi connectivity index (χ1) is 5.33. The van der Waals surface area contributed by atoms with E-state index in [-0.39, 0.29) is 11.5 Å². The standard InChI is InChI=1S/C9H10BrF/c10-9(7-11)6-8-4-2-1-3-5-8/h1-5,9H,6-7H2. The fraction of sp³-hybridized carbons (Fsp3) is 0.333. The van der Waals surface area contributed by atoms with Crippen molar-refractivity contribution in [2.45, 2.75) is 11.2 Å². The summed E-state index contributed by atoms with van der Waals surface area (Å²) in [5, 5.41) is 0. The largest absolute Gasteiger partial charge is 0.250 e. The molecule has 1 atom stereocenters. The lowest BCUT2D eigenvalue weighted by Crippen LogP contribution is -2.03. The second-order valence-corrected chi connectivity index (χ2v) is 3.74. The Morgan fingerprint density at radius 3 is 2.45 bits per heavy atom. The third-order valence-electron chi connectivity index (χ3n) is 1.47. The predicted octanol–water partition coefficient (Wildman–Crippen LogP) is 2.96. The Bertz CT molecular complexity index is 198. The average molecular weight is 217 g/mol. The summed E-state index contributed by atoms with van der Waals surface area (Å²) in [4.78, 5) is -0.0371. The SMILES string of the molecule is FCC(Br)Cc1ccccc1. The van der Waals surface area contributed by atoms with E-state index >= 15 is 0 Å². The van der Waals surface area contributed by atoms with Gasteiger partial charge in [-0.25, -0.2) is 4.39 Å². The van der Waals surface area contributed by atoms with E-state index in [9.17, 15) is 4.39 Å². The molecule has 0 N–H and O–H groups in total. The number of alkyl halides is 2. The molecule has 0 saturated heterocycles. The Labute approximate surface area is 74.6 Å². The summed E-state index contributed by atoms with van der Waals surface area (Å²) in [7, 11) is 0. The van der Waals surface area contributed by atoms with Crippen molar-refractivity contribution in [1.29, 1.82) is 0 Å². The van der Waals surface area contributed by atoms with Crippen LogP contribution in [0.15, 0.2) is 30.3 Å². The number of rotatable bonds is 3. The van der Waals surface area contributed by atoms with Crippen LogP contribution in [0.5, 0.6) is 0 Å². The molecule has 0 amide bonds. The molecule has 0 bridgehead atoms. The molecule has 0 heterocycles. The van der Waals surface area contributed by atoms with Gasteiger partial charge in [-0.05, 0) is 12.0 Å². The first kappa shape index (κ1) is 8.72. The van der Waals surface area contributed by atoms with Crippen LogP contribution in [0, 0.1) is 0 Å². The molecule has 1 unspecified atom stereocenters. The van der Waals surface area contributed by atoms with Gasteiger partial charge in [0.2, 0.25) is 0 Å². The van der Waals surface area contributed by atoms with Gasteiger partial charge in [-0.15, -0.1) is 0 Å². The minimum absolute atomic E-state index is 0.0371. The van der Waals surface area contributed by atoms with Crippen LogP contribution in [0.4, 0.5) is 4.39 Å². The zero-order valence-electron chi connectivity index (χ0n) is 6.13. The fourth-order valence-electron chi connectivity index (χ4n) is 0.924. The topological polar surface area (TPSA) is 0 Å². The quantitative estimate of drug-likeness (QED) is 0.682. The summed E-state index contributed by atoms with van der Waals surface area (Å²) in [5.41, 5.74) is 1.17. The molecule has 0 aliphatic rings. The number of benzene rings is 1. The van der Waals surface area contributed by atoms with E-state index in [4.69, 9.17) is 0 Å². The monoisotopic (exact) mass is 216 g/mol. The van der Waals surface area contributed by atoms with Crippen molar-refractivity contribution < 1.29 is 4.39 Å². The summed E-state index contributed by atoms with van der Waals surface area (Å²) in [5.74, 6) is 0. The van der Waals surface area contributed by atoms with Gasteiger partial charge in [0.1, 0.15) is 6.67 Å². The van der Waals surface area contributed by atoms with Crippen molar-refractivity contribution >= 4 is 15.9 Å². The minimum Gasteiger partial charge on any atom is -0.250 e. The zero-order chi connectivity index (χ0) is 8.10. The Balaban J connectivity index is 2.51. The molecule has 1 aromatic rings. The van der Waals surface area contributed by atoms with Gasteiger partial charge in [-0.3, -0.25) is 0 Å². The van der Waals surface area contributed by atoms with Crippen LogP contribution in [0.25, 0.3) is 0 Å². The molecule has 1 aromatic carbocycles. The van der Waals surface area contributed by atoms with E-state index < -0.39 is 0 Å². The van der Waals surface area contributed by atoms with Crippen LogP contribution in [0.2, 0.25) is 0 Å². The fourth-order valence-corrected chi connectivity index (χ4v) is 1.30. The average Bonchev–Trinajstić information content (AvgIpc) is 2.06. The van der Waals surface area contributed by atoms with Gasteiger partial charge in [-0.2, -0.15) is 0 Å². The van der Waals surface area contributed by atoms with Crippen molar-refractivity contribution in [3.8, 4) is 0 Å². The van der Waals surface area contributed by atoms with E-state index in [1.165, 1.54) is 5.56 Å². The molecule has 0 fully saturated rings. The Kier molecular flexibility index (Phi) is 3.57. The number of hydrogen-bond acceptors (Lipinski definition) is 0. The molecule has 60 valence electrons. The van der Waals surface area contributed by atoms with Gasteiger partial charge < -0.3 is 0 Å². The highest BCUT2D eigenvalue weighted by Gasteiger charge is 2.02. The third-order valence-corrected chi connectivity index (χ3v) is 2.04. The van der Waals surface area contributed by atoms with Gasteiger partial charge in [0.15, 0.2) is 0 Å². The van der Waals surface area contributed by atoms with Gasteiger partial charge in [-0.1, -0.05) is 46.3 Å². The van der Waals surface area contributed by atoms with Gasteiger partial charge in [0, 0.05) is 4.83 Å². The highest BCUT2D eigenvalue weighted by atomic mass is 79.9. The number of hydrogen-bond donors (Lipinski definition) is 0. The molecular weight excluding hydrogens is 207 g/mol. The smallest absolute Gasteiger partial charge is 0.102 e. The van der Waals surface area contributed by atoms with Crippen LogP contribution in [-0.4, -0.2) is 11.5 Å². The molecule has 0 radical (unpaired) electrons. The van der Waals surface area contributed by atoms with Crippen LogP contribution in [0.3, 0.4) is 0 Å². The summed E-state index contributed by atoms with van der Waals surface area (Å²) < 4.78 is 12.0. The second-order valence-electron chi connectivity index (χ2n) is 2.44. The lowest BCUT2D eigenvalue weighted by Gasteiger charge is -2.03. The van der Waals surface area contributed by atoms with Crippen LogP contribution < -0.4 is 0 Å². The van der Waals surface area contributed by atoms with E-state index in [1.54, 1.807) is 0 Å². The Morgan fingerprint density at radius 2 is 1.91 bits per heavy atom. The summed E-state index contributed by atoms with van der Waals surface area (Å²) in [6, 6.07) is 9.90. The van der Waals surface area contributed by atoms with E-state index in [1.807, 2.05) is 30.3 Å². The highest BCUT2D eigenvalue weighted by molar-refractivity contribution is 9.09. The van der Waals surface area contributed by atoms with E-state index in [0.717, 1.165) is 6.42 Å². The van der Waals surface area contributed by atoms with Crippen molar-refractivity contribution in [3.05, 3.63) is 35.9 Å². The van der Waals surface area contributed by atoms with Crippen LogP contribution in [-0.2, 0) is 6.42 Å². The lowest BCUT2D eigenvalue weighted by molar-refractivity contribution is 0.485. The normalized spacial score (nSPS) is 12.9. The van der Waals surface area contributed by atoms with Gasteiger partial charge in [0.25, 0.3) is 0 Å². The maximum atomic E-state index is 12.0. The molecule has 11 heavy (non-hydrogen) atoms. The van der Waals surface area contributed by atoms with E-state index in [2.05, 4.69) is 15.9 Å². The van der Waals surface area contributed by atoms with Crippen LogP contribution in [0.1, 0.15) is 5.56 Å². The second kappa shape index (κ2) is 4.50. The molecule has 1 rings (SSSR count). The Hall–Kier alpha value is -0.370. The molecule has 2 heteroatoms. The highest BCUT2D eigenvalue weighted by Crippen LogP contribution is 2.09. The van der Waals surface area contributed by atoms with Crippen molar-refractivity contribution in [3.63, 3.8) is 0 Å². The van der Waals surface area contributed by atoms with Crippen molar-refractivity contribution in [2.75, 3.05) is 6.67 Å². The minimum atomic E-state index is -0.311. The third kappa shape index (κ3) is 3.02. The molecule has 0 spiro atoms. The summed E-state index contributed by atoms with van der Waals surface area (Å²) >= 11 is 3.24. The molecule has 0 aliphatic carbocycles.